The van der Waals surface area contributed by atoms with E-state index in [1.54, 1.807) is 6.07 Å². The Kier molecular flexibility index (Phi) is 3.71. The third kappa shape index (κ3) is 2.36. The molecule has 0 fully saturated rings. The van der Waals surface area contributed by atoms with E-state index in [2.05, 4.69) is 50.5 Å². The molecule has 0 atom stereocenters. The molecule has 2 rings (SSSR count). The third-order valence-corrected chi connectivity index (χ3v) is 3.84. The van der Waals surface area contributed by atoms with Gasteiger partial charge in [0.25, 0.3) is 0 Å². The van der Waals surface area contributed by atoms with E-state index in [4.69, 9.17) is 0 Å². The lowest BCUT2D eigenvalue weighted by atomic mass is 10.0. The lowest BCUT2D eigenvalue weighted by Gasteiger charge is -2.16. The Labute approximate surface area is 119 Å². The molecule has 0 saturated heterocycles. The van der Waals surface area contributed by atoms with Crippen LogP contribution in [0.1, 0.15) is 47.1 Å². The monoisotopic (exact) mass is 271 g/mol. The number of rotatable bonds is 3. The maximum Gasteiger partial charge on any atom is 0.337 e. The highest BCUT2D eigenvalue weighted by molar-refractivity contribution is 5.91. The summed E-state index contributed by atoms with van der Waals surface area (Å²) in [6.07, 6.45) is 0. The molecule has 0 bridgehead atoms. The largest absolute Gasteiger partial charge is 0.478 e. The van der Waals surface area contributed by atoms with Crippen LogP contribution >= 0.6 is 0 Å². The van der Waals surface area contributed by atoms with Gasteiger partial charge in [-0.3, -0.25) is 0 Å². The fourth-order valence-corrected chi connectivity index (χ4v) is 2.63. The van der Waals surface area contributed by atoms with Crippen molar-refractivity contribution in [3.8, 4) is 11.3 Å². The smallest absolute Gasteiger partial charge is 0.337 e. The Bertz CT molecular complexity index is 666. The number of benzene rings is 1. The van der Waals surface area contributed by atoms with Crippen molar-refractivity contribution in [2.45, 2.75) is 40.7 Å². The molecule has 1 heterocycles. The average Bonchev–Trinajstić information content (AvgIpc) is 2.70. The fraction of sp³-hybridized carbons (Fsp3) is 0.353. The van der Waals surface area contributed by atoms with Gasteiger partial charge in [-0.05, 0) is 63.4 Å². The standard InChI is InChI=1S/C17H21NO2/c1-10(2)18-13(5)15(17(19)20)9-16(18)14-7-6-11(3)12(4)8-14/h6-10H,1-5H3,(H,19,20). The van der Waals surface area contributed by atoms with E-state index in [9.17, 15) is 9.90 Å². The topological polar surface area (TPSA) is 42.2 Å². The summed E-state index contributed by atoms with van der Waals surface area (Å²) in [7, 11) is 0. The highest BCUT2D eigenvalue weighted by atomic mass is 16.4. The fourth-order valence-electron chi connectivity index (χ4n) is 2.63. The minimum atomic E-state index is -0.869. The average molecular weight is 271 g/mol. The van der Waals surface area contributed by atoms with Crippen LogP contribution in [0, 0.1) is 20.8 Å². The quantitative estimate of drug-likeness (QED) is 0.901. The number of carbonyl (C=O) groups is 1. The molecule has 0 spiro atoms. The molecule has 1 aromatic heterocycles. The van der Waals surface area contributed by atoms with Crippen molar-refractivity contribution in [3.05, 3.63) is 46.6 Å². The number of aryl methyl sites for hydroxylation is 2. The van der Waals surface area contributed by atoms with E-state index < -0.39 is 5.97 Å². The van der Waals surface area contributed by atoms with Crippen LogP contribution in [-0.4, -0.2) is 15.6 Å². The normalized spacial score (nSPS) is 11.1. The Hall–Kier alpha value is -2.03. The molecular weight excluding hydrogens is 250 g/mol. The third-order valence-electron chi connectivity index (χ3n) is 3.84. The van der Waals surface area contributed by atoms with Crippen LogP contribution in [0.5, 0.6) is 0 Å². The molecule has 20 heavy (non-hydrogen) atoms. The van der Waals surface area contributed by atoms with Gasteiger partial charge in [0.1, 0.15) is 0 Å². The van der Waals surface area contributed by atoms with Gasteiger partial charge in [-0.25, -0.2) is 4.79 Å². The van der Waals surface area contributed by atoms with Gasteiger partial charge < -0.3 is 9.67 Å². The first-order chi connectivity index (χ1) is 9.32. The second-order valence-electron chi connectivity index (χ2n) is 5.60. The van der Waals surface area contributed by atoms with Crippen molar-refractivity contribution < 1.29 is 9.90 Å². The van der Waals surface area contributed by atoms with E-state index in [0.29, 0.717) is 5.56 Å². The lowest BCUT2D eigenvalue weighted by molar-refractivity contribution is 0.0696. The maximum atomic E-state index is 11.3. The molecule has 1 aromatic carbocycles. The molecule has 3 heteroatoms. The molecule has 2 aromatic rings. The number of nitrogens with zero attached hydrogens (tertiary/aromatic N) is 1. The van der Waals surface area contributed by atoms with Crippen molar-refractivity contribution in [1.29, 1.82) is 0 Å². The Morgan fingerprint density at radius 2 is 1.75 bits per heavy atom. The van der Waals surface area contributed by atoms with Crippen molar-refractivity contribution >= 4 is 5.97 Å². The summed E-state index contributed by atoms with van der Waals surface area (Å²) in [6, 6.07) is 8.26. The number of aromatic nitrogens is 1. The van der Waals surface area contributed by atoms with E-state index >= 15 is 0 Å². The predicted molar refractivity (Wildman–Crippen MR) is 81.4 cm³/mol. The summed E-state index contributed by atoms with van der Waals surface area (Å²) >= 11 is 0. The van der Waals surface area contributed by atoms with Crippen LogP contribution < -0.4 is 0 Å². The first-order valence-corrected chi connectivity index (χ1v) is 6.85. The summed E-state index contributed by atoms with van der Waals surface area (Å²) in [5, 5.41) is 9.32. The number of hydrogen-bond donors (Lipinski definition) is 1. The zero-order chi connectivity index (χ0) is 15.0. The zero-order valence-electron chi connectivity index (χ0n) is 12.7. The molecule has 0 aliphatic heterocycles. The van der Waals surface area contributed by atoms with Gasteiger partial charge in [0.05, 0.1) is 5.56 Å². The van der Waals surface area contributed by atoms with Gasteiger partial charge in [0.15, 0.2) is 0 Å². The number of carboxylic acids is 1. The molecule has 3 nitrogen and oxygen atoms in total. The Morgan fingerprint density at radius 1 is 1.10 bits per heavy atom. The highest BCUT2D eigenvalue weighted by Crippen LogP contribution is 2.30. The van der Waals surface area contributed by atoms with Gasteiger partial charge in [-0.2, -0.15) is 0 Å². The molecular formula is C17H21NO2. The van der Waals surface area contributed by atoms with Crippen LogP contribution in [0.3, 0.4) is 0 Å². The van der Waals surface area contributed by atoms with Crippen LogP contribution in [-0.2, 0) is 0 Å². The van der Waals surface area contributed by atoms with Gasteiger partial charge in [-0.15, -0.1) is 0 Å². The summed E-state index contributed by atoms with van der Waals surface area (Å²) < 4.78 is 2.09. The molecule has 0 saturated carbocycles. The second-order valence-corrected chi connectivity index (χ2v) is 5.60. The summed E-state index contributed by atoms with van der Waals surface area (Å²) in [4.78, 5) is 11.3. The predicted octanol–water partition coefficient (Wildman–Crippen LogP) is 4.36. The molecule has 0 amide bonds. The van der Waals surface area contributed by atoms with Crippen molar-refractivity contribution in [2.75, 3.05) is 0 Å². The van der Waals surface area contributed by atoms with E-state index in [-0.39, 0.29) is 6.04 Å². The van der Waals surface area contributed by atoms with Crippen molar-refractivity contribution in [3.63, 3.8) is 0 Å². The molecule has 0 radical (unpaired) electrons. The maximum absolute atomic E-state index is 11.3. The van der Waals surface area contributed by atoms with Crippen LogP contribution in [0.15, 0.2) is 24.3 Å². The number of aromatic carboxylic acids is 1. The zero-order valence-corrected chi connectivity index (χ0v) is 12.7. The summed E-state index contributed by atoms with van der Waals surface area (Å²) in [5.41, 5.74) is 5.68. The Morgan fingerprint density at radius 3 is 2.25 bits per heavy atom. The van der Waals surface area contributed by atoms with Crippen LogP contribution in [0.25, 0.3) is 11.3 Å². The first-order valence-electron chi connectivity index (χ1n) is 6.85. The molecule has 1 N–H and O–H groups in total. The first kappa shape index (κ1) is 14.4. The summed E-state index contributed by atoms with van der Waals surface area (Å²) in [5.74, 6) is -0.869. The van der Waals surface area contributed by atoms with Crippen molar-refractivity contribution in [1.82, 2.24) is 4.57 Å². The van der Waals surface area contributed by atoms with Gasteiger partial charge >= 0.3 is 5.97 Å². The summed E-state index contributed by atoms with van der Waals surface area (Å²) in [6.45, 7) is 10.2. The number of hydrogen-bond acceptors (Lipinski definition) is 1. The Balaban J connectivity index is 2.69. The molecule has 0 aliphatic rings. The lowest BCUT2D eigenvalue weighted by Crippen LogP contribution is -2.06. The van der Waals surface area contributed by atoms with Crippen LogP contribution in [0.2, 0.25) is 0 Å². The second kappa shape index (κ2) is 5.16. The van der Waals surface area contributed by atoms with Gasteiger partial charge in [-0.1, -0.05) is 12.1 Å². The van der Waals surface area contributed by atoms with E-state index in [1.165, 1.54) is 11.1 Å². The van der Waals surface area contributed by atoms with Gasteiger partial charge in [0, 0.05) is 17.4 Å². The van der Waals surface area contributed by atoms with Crippen LogP contribution in [0.4, 0.5) is 0 Å². The molecule has 0 aliphatic carbocycles. The minimum Gasteiger partial charge on any atom is -0.478 e. The SMILES string of the molecule is Cc1ccc(-c2cc(C(=O)O)c(C)n2C(C)C)cc1C. The highest BCUT2D eigenvalue weighted by Gasteiger charge is 2.19. The molecule has 106 valence electrons. The van der Waals surface area contributed by atoms with E-state index in [1.807, 2.05) is 6.92 Å². The van der Waals surface area contributed by atoms with Gasteiger partial charge in [0.2, 0.25) is 0 Å². The number of carboxylic acid groups (broad SMARTS) is 1. The molecule has 0 unspecified atom stereocenters. The van der Waals surface area contributed by atoms with Crippen molar-refractivity contribution in [2.24, 2.45) is 0 Å². The van der Waals surface area contributed by atoms with E-state index in [0.717, 1.165) is 17.0 Å². The minimum absolute atomic E-state index is 0.222.